The fourth-order valence-corrected chi connectivity index (χ4v) is 2.71. The van der Waals surface area contributed by atoms with Crippen molar-refractivity contribution in [1.82, 2.24) is 19.7 Å². The molecule has 1 fully saturated rings. The van der Waals surface area contributed by atoms with E-state index in [2.05, 4.69) is 19.8 Å². The lowest BCUT2D eigenvalue weighted by Crippen LogP contribution is -2.24. The van der Waals surface area contributed by atoms with Crippen LogP contribution in [0.1, 0.15) is 18.9 Å². The van der Waals surface area contributed by atoms with Crippen molar-refractivity contribution >= 4 is 0 Å². The number of aromatic nitrogens is 4. The predicted molar refractivity (Wildman–Crippen MR) is 94.8 cm³/mol. The first-order valence-electron chi connectivity index (χ1n) is 8.62. The third-order valence-electron chi connectivity index (χ3n) is 4.20. The third kappa shape index (κ3) is 4.03. The number of benzene rings is 1. The van der Waals surface area contributed by atoms with Gasteiger partial charge in [0.25, 0.3) is 5.56 Å². The van der Waals surface area contributed by atoms with E-state index in [-0.39, 0.29) is 17.6 Å². The van der Waals surface area contributed by atoms with Crippen LogP contribution in [0.2, 0.25) is 0 Å². The quantitative estimate of drug-likeness (QED) is 0.667. The Kier molecular flexibility index (Phi) is 4.58. The van der Waals surface area contributed by atoms with Crippen molar-refractivity contribution < 1.29 is 17.9 Å². The van der Waals surface area contributed by atoms with Gasteiger partial charge in [-0.3, -0.25) is 4.79 Å². The standard InChI is InChI=1S/C19H15F3N4O2/c20-19(21,22)11-28-18-23-9-13(10-24-18)16-8-15(12-4-2-1-3-5-12)17(27)26(25-16)14-6-7-14/h1-5,8-10,14H,6-7,11H2. The Morgan fingerprint density at radius 1 is 1.07 bits per heavy atom. The summed E-state index contributed by atoms with van der Waals surface area (Å²) in [6, 6.07) is 10.5. The maximum absolute atomic E-state index is 12.8. The Hall–Kier alpha value is -3.23. The second-order valence-electron chi connectivity index (χ2n) is 6.45. The number of halogens is 3. The minimum atomic E-state index is -4.46. The molecule has 0 aliphatic heterocycles. The van der Waals surface area contributed by atoms with Gasteiger partial charge in [0.15, 0.2) is 6.61 Å². The van der Waals surface area contributed by atoms with Gasteiger partial charge in [-0.2, -0.15) is 18.3 Å². The van der Waals surface area contributed by atoms with Crippen molar-refractivity contribution in [3.05, 3.63) is 59.1 Å². The van der Waals surface area contributed by atoms with E-state index in [4.69, 9.17) is 0 Å². The fourth-order valence-electron chi connectivity index (χ4n) is 2.71. The fraction of sp³-hybridized carbons (Fsp3) is 0.263. The van der Waals surface area contributed by atoms with Crippen LogP contribution in [0, 0.1) is 0 Å². The molecule has 6 nitrogen and oxygen atoms in total. The zero-order chi connectivity index (χ0) is 19.7. The van der Waals surface area contributed by atoms with Crippen LogP contribution < -0.4 is 10.3 Å². The Labute approximate surface area is 157 Å². The van der Waals surface area contributed by atoms with Crippen molar-refractivity contribution in [2.75, 3.05) is 6.61 Å². The summed E-state index contributed by atoms with van der Waals surface area (Å²) in [5.41, 5.74) is 2.02. The average Bonchev–Trinajstić information content (AvgIpc) is 3.52. The normalized spacial score (nSPS) is 14.1. The van der Waals surface area contributed by atoms with Crippen LogP contribution in [0.4, 0.5) is 13.2 Å². The van der Waals surface area contributed by atoms with E-state index in [1.54, 1.807) is 6.07 Å². The van der Waals surface area contributed by atoms with Crippen LogP contribution in [-0.4, -0.2) is 32.5 Å². The molecule has 9 heteroatoms. The second kappa shape index (κ2) is 7.06. The van der Waals surface area contributed by atoms with Crippen molar-refractivity contribution in [3.8, 4) is 28.4 Å². The van der Waals surface area contributed by atoms with Crippen LogP contribution in [-0.2, 0) is 0 Å². The Balaban J connectivity index is 1.70. The minimum absolute atomic E-state index is 0.0604. The Morgan fingerprint density at radius 3 is 2.36 bits per heavy atom. The molecule has 28 heavy (non-hydrogen) atoms. The van der Waals surface area contributed by atoms with Crippen LogP contribution in [0.15, 0.2) is 53.6 Å². The van der Waals surface area contributed by atoms with Gasteiger partial charge >= 0.3 is 12.2 Å². The first-order chi connectivity index (χ1) is 13.4. The predicted octanol–water partition coefficient (Wildman–Crippen LogP) is 3.64. The van der Waals surface area contributed by atoms with Crippen LogP contribution in [0.25, 0.3) is 22.4 Å². The van der Waals surface area contributed by atoms with Gasteiger partial charge < -0.3 is 4.74 Å². The summed E-state index contributed by atoms with van der Waals surface area (Å²) in [7, 11) is 0. The molecule has 2 aromatic heterocycles. The number of alkyl halides is 3. The SMILES string of the molecule is O=c1c(-c2ccccc2)cc(-c2cnc(OCC(F)(F)F)nc2)nn1C1CC1. The molecular weight excluding hydrogens is 373 g/mol. The highest BCUT2D eigenvalue weighted by Gasteiger charge is 2.29. The molecule has 0 saturated heterocycles. The highest BCUT2D eigenvalue weighted by molar-refractivity contribution is 5.68. The van der Waals surface area contributed by atoms with Crippen LogP contribution >= 0.6 is 0 Å². The molecule has 0 unspecified atom stereocenters. The molecular formula is C19H15F3N4O2. The van der Waals surface area contributed by atoms with E-state index in [1.807, 2.05) is 30.3 Å². The summed E-state index contributed by atoms with van der Waals surface area (Å²) in [5.74, 6) is 0. The monoisotopic (exact) mass is 388 g/mol. The maximum atomic E-state index is 12.8. The van der Waals surface area contributed by atoms with E-state index in [0.717, 1.165) is 18.4 Å². The van der Waals surface area contributed by atoms with E-state index >= 15 is 0 Å². The highest BCUT2D eigenvalue weighted by atomic mass is 19.4. The largest absolute Gasteiger partial charge is 0.454 e. The van der Waals surface area contributed by atoms with Crippen molar-refractivity contribution in [2.24, 2.45) is 0 Å². The second-order valence-corrected chi connectivity index (χ2v) is 6.45. The summed E-state index contributed by atoms with van der Waals surface area (Å²) >= 11 is 0. The lowest BCUT2D eigenvalue weighted by atomic mass is 10.1. The van der Waals surface area contributed by atoms with Crippen molar-refractivity contribution in [3.63, 3.8) is 0 Å². The first-order valence-corrected chi connectivity index (χ1v) is 8.62. The number of rotatable bonds is 5. The van der Waals surface area contributed by atoms with E-state index < -0.39 is 12.8 Å². The summed E-state index contributed by atoms with van der Waals surface area (Å²) in [5, 5.41) is 4.41. The van der Waals surface area contributed by atoms with Gasteiger partial charge in [0.2, 0.25) is 0 Å². The summed E-state index contributed by atoms with van der Waals surface area (Å²) in [6.07, 6.45) is -0.0421. The van der Waals surface area contributed by atoms with Gasteiger partial charge in [-0.1, -0.05) is 30.3 Å². The lowest BCUT2D eigenvalue weighted by Gasteiger charge is -2.11. The van der Waals surface area contributed by atoms with Crippen molar-refractivity contribution in [1.29, 1.82) is 0 Å². The van der Waals surface area contributed by atoms with E-state index in [0.29, 0.717) is 16.8 Å². The van der Waals surface area contributed by atoms with Gasteiger partial charge in [0.1, 0.15) is 0 Å². The number of ether oxygens (including phenoxy) is 1. The average molecular weight is 388 g/mol. The van der Waals surface area contributed by atoms with E-state index in [9.17, 15) is 18.0 Å². The summed E-state index contributed by atoms with van der Waals surface area (Å²) < 4.78 is 42.7. The highest BCUT2D eigenvalue weighted by Crippen LogP contribution is 2.34. The molecule has 0 spiro atoms. The lowest BCUT2D eigenvalue weighted by molar-refractivity contribution is -0.154. The molecule has 0 bridgehead atoms. The summed E-state index contributed by atoms with van der Waals surface area (Å²) in [4.78, 5) is 20.4. The van der Waals surface area contributed by atoms with Gasteiger partial charge in [-0.15, -0.1) is 0 Å². The Morgan fingerprint density at radius 2 is 1.75 bits per heavy atom. The molecule has 0 amide bonds. The van der Waals surface area contributed by atoms with Gasteiger partial charge in [-0.05, 0) is 24.5 Å². The zero-order valence-corrected chi connectivity index (χ0v) is 14.6. The van der Waals surface area contributed by atoms with Crippen molar-refractivity contribution in [2.45, 2.75) is 25.1 Å². The first kappa shape index (κ1) is 18.1. The molecule has 2 heterocycles. The molecule has 0 atom stereocenters. The van der Waals surface area contributed by atoms with Gasteiger partial charge in [0.05, 0.1) is 17.3 Å². The van der Waals surface area contributed by atoms with Crippen LogP contribution in [0.5, 0.6) is 6.01 Å². The minimum Gasteiger partial charge on any atom is -0.454 e. The molecule has 4 rings (SSSR count). The Bertz CT molecular complexity index is 1030. The molecule has 1 aliphatic carbocycles. The maximum Gasteiger partial charge on any atom is 0.422 e. The molecule has 3 aromatic rings. The molecule has 1 aromatic carbocycles. The molecule has 1 saturated carbocycles. The van der Waals surface area contributed by atoms with Crippen LogP contribution in [0.3, 0.4) is 0 Å². The third-order valence-corrected chi connectivity index (χ3v) is 4.20. The van der Waals surface area contributed by atoms with Gasteiger partial charge in [0, 0.05) is 18.0 Å². The summed E-state index contributed by atoms with van der Waals surface area (Å²) in [6.45, 7) is -1.46. The smallest absolute Gasteiger partial charge is 0.422 e. The molecule has 0 radical (unpaired) electrons. The number of nitrogens with zero attached hydrogens (tertiary/aromatic N) is 4. The molecule has 0 N–H and O–H groups in total. The number of hydrogen-bond acceptors (Lipinski definition) is 5. The van der Waals surface area contributed by atoms with E-state index in [1.165, 1.54) is 17.1 Å². The van der Waals surface area contributed by atoms with Gasteiger partial charge in [-0.25, -0.2) is 14.6 Å². The zero-order valence-electron chi connectivity index (χ0n) is 14.6. The topological polar surface area (TPSA) is 69.9 Å². The molecule has 1 aliphatic rings. The number of hydrogen-bond donors (Lipinski definition) is 0. The molecule has 144 valence electrons.